The Morgan fingerprint density at radius 1 is 0.800 bits per heavy atom. The summed E-state index contributed by atoms with van der Waals surface area (Å²) in [5.74, 6) is 0.753. The van der Waals surface area contributed by atoms with Crippen molar-refractivity contribution in [2.45, 2.75) is 32.0 Å². The summed E-state index contributed by atoms with van der Waals surface area (Å²) in [6.07, 6.45) is 2.93. The van der Waals surface area contributed by atoms with E-state index < -0.39 is 0 Å². The molecule has 0 aliphatic carbocycles. The van der Waals surface area contributed by atoms with Crippen molar-refractivity contribution in [2.24, 2.45) is 4.99 Å². The average molecular weight is 395 g/mol. The van der Waals surface area contributed by atoms with Gasteiger partial charge in [-0.3, -0.25) is 0 Å². The highest BCUT2D eigenvalue weighted by atomic mass is 15.5. The van der Waals surface area contributed by atoms with Crippen LogP contribution >= 0.6 is 0 Å². The van der Waals surface area contributed by atoms with Gasteiger partial charge < -0.3 is 9.80 Å². The van der Waals surface area contributed by atoms with E-state index in [-0.39, 0.29) is 5.54 Å². The van der Waals surface area contributed by atoms with Crippen molar-refractivity contribution in [2.75, 3.05) is 6.54 Å². The second-order valence-electron chi connectivity index (χ2n) is 8.08. The molecule has 0 aromatic heterocycles. The smallest absolute Gasteiger partial charge is 0.213 e. The Morgan fingerprint density at radius 3 is 1.83 bits per heavy atom. The third-order valence-corrected chi connectivity index (χ3v) is 5.68. The number of nitriles is 1. The van der Waals surface area contributed by atoms with Crippen molar-refractivity contribution >= 4 is 5.96 Å². The van der Waals surface area contributed by atoms with Crippen molar-refractivity contribution in [3.8, 4) is 6.19 Å². The van der Waals surface area contributed by atoms with Gasteiger partial charge in [0.2, 0.25) is 12.2 Å². The van der Waals surface area contributed by atoms with Gasteiger partial charge in [-0.25, -0.2) is 0 Å². The van der Waals surface area contributed by atoms with E-state index >= 15 is 0 Å². The Bertz CT molecular complexity index is 1020. The van der Waals surface area contributed by atoms with Gasteiger partial charge in [0.1, 0.15) is 0 Å². The molecule has 0 spiro atoms. The van der Waals surface area contributed by atoms with Crippen LogP contribution in [0.5, 0.6) is 0 Å². The molecule has 1 heterocycles. The number of nitrogens with zero attached hydrogens (tertiary/aromatic N) is 4. The first-order valence-electron chi connectivity index (χ1n) is 10.3. The fourth-order valence-corrected chi connectivity index (χ4v) is 4.30. The van der Waals surface area contributed by atoms with Crippen molar-refractivity contribution in [3.05, 3.63) is 108 Å². The third kappa shape index (κ3) is 4.36. The molecule has 1 aliphatic heterocycles. The molecule has 1 fully saturated rings. The molecule has 0 N–H and O–H groups in total. The van der Waals surface area contributed by atoms with E-state index in [9.17, 15) is 5.26 Å². The molecule has 3 aromatic rings. The fraction of sp³-hybridized carbons (Fsp3) is 0.231. The van der Waals surface area contributed by atoms with Crippen LogP contribution in [0, 0.1) is 11.5 Å². The summed E-state index contributed by atoms with van der Waals surface area (Å²) in [7, 11) is 0. The Kier molecular flexibility index (Phi) is 5.81. The zero-order chi connectivity index (χ0) is 20.8. The van der Waals surface area contributed by atoms with E-state index in [0.717, 1.165) is 32.0 Å². The molecule has 0 amide bonds. The van der Waals surface area contributed by atoms with E-state index in [1.165, 1.54) is 16.7 Å². The Balaban J connectivity index is 1.70. The van der Waals surface area contributed by atoms with Gasteiger partial charge in [-0.1, -0.05) is 91.0 Å². The number of benzene rings is 3. The number of rotatable bonds is 6. The highest BCUT2D eigenvalue weighted by Gasteiger charge is 2.44. The number of guanidine groups is 1. The normalized spacial score (nSPS) is 19.8. The summed E-state index contributed by atoms with van der Waals surface area (Å²) >= 11 is 0. The number of hydrogen-bond acceptors (Lipinski definition) is 2. The predicted molar refractivity (Wildman–Crippen MR) is 120 cm³/mol. The minimum atomic E-state index is -0.179. The number of hydrogen-bond donors (Lipinski definition) is 0. The molecule has 1 atom stereocenters. The summed E-state index contributed by atoms with van der Waals surface area (Å²) in [5, 5.41) is 9.46. The predicted octanol–water partition coefficient (Wildman–Crippen LogP) is 4.84. The highest BCUT2D eigenvalue weighted by molar-refractivity contribution is 5.84. The molecular weight excluding hydrogens is 368 g/mol. The lowest BCUT2D eigenvalue weighted by atomic mass is 9.91. The van der Waals surface area contributed by atoms with Crippen LogP contribution in [0.3, 0.4) is 0 Å². The van der Waals surface area contributed by atoms with Crippen LogP contribution < -0.4 is 0 Å². The lowest BCUT2D eigenvalue weighted by molar-refractivity contribution is 0.211. The van der Waals surface area contributed by atoms with Gasteiger partial charge in [0, 0.05) is 19.6 Å². The molecule has 0 saturated carbocycles. The lowest BCUT2D eigenvalue weighted by Crippen LogP contribution is -2.46. The quantitative estimate of drug-likeness (QED) is 0.562. The molecule has 30 heavy (non-hydrogen) atoms. The van der Waals surface area contributed by atoms with Crippen LogP contribution in [0.2, 0.25) is 0 Å². The van der Waals surface area contributed by atoms with Gasteiger partial charge >= 0.3 is 0 Å². The standard InChI is InChI=1S/C26H26N4/c1-26(17-22-11-5-2-6-12-22)20-29(18-23-13-7-3-8-14-23)25(28-21-27)30(26)19-24-15-9-4-10-16-24/h2-16H,17-20H2,1H3. The van der Waals surface area contributed by atoms with Crippen molar-refractivity contribution < 1.29 is 0 Å². The Morgan fingerprint density at radius 2 is 1.30 bits per heavy atom. The molecule has 4 rings (SSSR count). The Hall–Kier alpha value is -3.58. The summed E-state index contributed by atoms with van der Waals surface area (Å²) in [6, 6.07) is 31.4. The second-order valence-corrected chi connectivity index (χ2v) is 8.08. The zero-order valence-corrected chi connectivity index (χ0v) is 17.3. The largest absolute Gasteiger partial charge is 0.335 e. The van der Waals surface area contributed by atoms with Gasteiger partial charge in [0.25, 0.3) is 0 Å². The minimum Gasteiger partial charge on any atom is -0.335 e. The maximum atomic E-state index is 9.46. The van der Waals surface area contributed by atoms with Crippen LogP contribution in [0.15, 0.2) is 96.0 Å². The Labute approximate surface area is 178 Å². The first-order chi connectivity index (χ1) is 14.7. The van der Waals surface area contributed by atoms with Crippen LogP contribution in [-0.4, -0.2) is 27.8 Å². The first kappa shape index (κ1) is 19.7. The molecule has 1 aliphatic rings. The lowest BCUT2D eigenvalue weighted by Gasteiger charge is -2.35. The summed E-state index contributed by atoms with van der Waals surface area (Å²) < 4.78 is 0. The van der Waals surface area contributed by atoms with Gasteiger partial charge in [0.15, 0.2) is 0 Å². The van der Waals surface area contributed by atoms with E-state index in [0.29, 0.717) is 0 Å². The van der Waals surface area contributed by atoms with E-state index in [2.05, 4.69) is 94.5 Å². The van der Waals surface area contributed by atoms with Gasteiger partial charge in [-0.2, -0.15) is 5.26 Å². The van der Waals surface area contributed by atoms with Crippen molar-refractivity contribution in [1.29, 1.82) is 5.26 Å². The zero-order valence-electron chi connectivity index (χ0n) is 17.3. The first-order valence-corrected chi connectivity index (χ1v) is 10.3. The summed E-state index contributed by atoms with van der Waals surface area (Å²) in [4.78, 5) is 8.84. The highest BCUT2D eigenvalue weighted by Crippen LogP contribution is 2.33. The monoisotopic (exact) mass is 394 g/mol. The average Bonchev–Trinajstić information content (AvgIpc) is 3.01. The van der Waals surface area contributed by atoms with Crippen molar-refractivity contribution in [3.63, 3.8) is 0 Å². The second kappa shape index (κ2) is 8.84. The molecule has 1 saturated heterocycles. The van der Waals surface area contributed by atoms with E-state index in [4.69, 9.17) is 0 Å². The SMILES string of the molecule is CC1(Cc2ccccc2)CN(Cc2ccccc2)C(=NC#N)N1Cc1ccccc1. The van der Waals surface area contributed by atoms with Gasteiger partial charge in [0.05, 0.1) is 5.54 Å². The topological polar surface area (TPSA) is 42.6 Å². The molecule has 150 valence electrons. The van der Waals surface area contributed by atoms with E-state index in [1.54, 1.807) is 0 Å². The molecule has 3 aromatic carbocycles. The maximum absolute atomic E-state index is 9.46. The van der Waals surface area contributed by atoms with Crippen molar-refractivity contribution in [1.82, 2.24) is 9.80 Å². The summed E-state index contributed by atoms with van der Waals surface area (Å²) in [5.41, 5.74) is 3.54. The molecule has 0 bridgehead atoms. The van der Waals surface area contributed by atoms with Crippen LogP contribution in [0.1, 0.15) is 23.6 Å². The molecule has 4 nitrogen and oxygen atoms in total. The fourth-order valence-electron chi connectivity index (χ4n) is 4.30. The van der Waals surface area contributed by atoms with E-state index in [1.807, 2.05) is 24.4 Å². The number of aliphatic imine (C=N–C) groups is 1. The molecule has 4 heteroatoms. The minimum absolute atomic E-state index is 0.179. The van der Waals surface area contributed by atoms with Gasteiger partial charge in [-0.05, 0) is 30.0 Å². The van der Waals surface area contributed by atoms with Crippen LogP contribution in [0.4, 0.5) is 0 Å². The van der Waals surface area contributed by atoms with Crippen LogP contribution in [0.25, 0.3) is 0 Å². The molecular formula is C26H26N4. The maximum Gasteiger partial charge on any atom is 0.213 e. The summed E-state index contributed by atoms with van der Waals surface area (Å²) in [6.45, 7) is 4.54. The molecule has 0 radical (unpaired) electrons. The van der Waals surface area contributed by atoms with Gasteiger partial charge in [-0.15, -0.1) is 4.99 Å². The molecule has 1 unspecified atom stereocenters. The van der Waals surface area contributed by atoms with Crippen LogP contribution in [-0.2, 0) is 19.5 Å². The third-order valence-electron chi connectivity index (χ3n) is 5.68.